The van der Waals surface area contributed by atoms with E-state index in [0.717, 1.165) is 38.1 Å². The van der Waals surface area contributed by atoms with Gasteiger partial charge < -0.3 is 9.15 Å². The number of aliphatic imine (C=N–C) groups is 1. The monoisotopic (exact) mass is 432 g/mol. The molecule has 0 amide bonds. The van der Waals surface area contributed by atoms with Crippen LogP contribution in [0.5, 0.6) is 5.75 Å². The number of benzene rings is 3. The number of aromatic nitrogens is 1. The van der Waals surface area contributed by atoms with Gasteiger partial charge in [-0.25, -0.2) is 4.98 Å². The molecule has 5 heteroatoms. The Morgan fingerprint density at radius 2 is 1.89 bits per heavy atom. The Morgan fingerprint density at radius 1 is 1.04 bits per heavy atom. The van der Waals surface area contributed by atoms with Gasteiger partial charge in [-0.1, -0.05) is 34.1 Å². The molecule has 0 saturated heterocycles. The zero-order valence-electron chi connectivity index (χ0n) is 15.2. The van der Waals surface area contributed by atoms with Crippen LogP contribution in [-0.2, 0) is 0 Å². The molecular weight excluding hydrogens is 416 g/mol. The normalized spacial score (nSPS) is 11.6. The Hall–Kier alpha value is -3.18. The van der Waals surface area contributed by atoms with Crippen molar-refractivity contribution < 1.29 is 9.15 Å². The van der Waals surface area contributed by atoms with Gasteiger partial charge >= 0.3 is 0 Å². The number of oxazole rings is 1. The molecule has 3 aromatic carbocycles. The summed E-state index contributed by atoms with van der Waals surface area (Å²) in [6.45, 7) is 0. The summed E-state index contributed by atoms with van der Waals surface area (Å²) in [7, 11) is 1.64. The van der Waals surface area contributed by atoms with Crippen LogP contribution in [0, 0.1) is 0 Å². The molecule has 0 N–H and O–H groups in total. The number of nitrogens with zero attached hydrogens (tertiary/aromatic N) is 2. The van der Waals surface area contributed by atoms with E-state index in [0.29, 0.717) is 5.89 Å². The molecule has 0 unspecified atom stereocenters. The van der Waals surface area contributed by atoms with Gasteiger partial charge in [-0.05, 0) is 66.2 Å². The molecule has 138 valence electrons. The number of halogens is 1. The molecule has 4 nitrogen and oxygen atoms in total. The van der Waals surface area contributed by atoms with Gasteiger partial charge in [0, 0.05) is 16.3 Å². The average Bonchev–Trinajstić information content (AvgIpc) is 3.15. The summed E-state index contributed by atoms with van der Waals surface area (Å²) < 4.78 is 12.1. The summed E-state index contributed by atoms with van der Waals surface area (Å²) in [5.41, 5.74) is 4.34. The standard InChI is InChI=1S/C23H17BrN2O2/c1-27-20-10-7-17(8-11-20)23-26-21-15-19(9-12-22(21)28-23)25-13-3-5-16-4-2-6-18(24)14-16/h2-15H,1H3. The Bertz CT molecular complexity index is 1160. The third-order valence-electron chi connectivity index (χ3n) is 4.16. The molecule has 0 radical (unpaired) electrons. The van der Waals surface area contributed by atoms with Crippen LogP contribution >= 0.6 is 15.9 Å². The summed E-state index contributed by atoms with van der Waals surface area (Å²) in [5, 5.41) is 0. The molecule has 4 aromatic rings. The number of ether oxygens (including phenoxy) is 1. The lowest BCUT2D eigenvalue weighted by molar-refractivity contribution is 0.415. The van der Waals surface area contributed by atoms with Gasteiger partial charge in [-0.15, -0.1) is 0 Å². The highest BCUT2D eigenvalue weighted by Crippen LogP contribution is 2.28. The lowest BCUT2D eigenvalue weighted by Gasteiger charge is -1.99. The number of methoxy groups -OCH3 is 1. The Balaban J connectivity index is 1.52. The first-order valence-electron chi connectivity index (χ1n) is 8.72. The number of hydrogen-bond acceptors (Lipinski definition) is 4. The Kier molecular flexibility index (Phi) is 5.35. The van der Waals surface area contributed by atoms with E-state index >= 15 is 0 Å². The highest BCUT2D eigenvalue weighted by Gasteiger charge is 2.08. The van der Waals surface area contributed by atoms with Gasteiger partial charge in [0.1, 0.15) is 11.3 Å². The van der Waals surface area contributed by atoms with E-state index < -0.39 is 0 Å². The maximum atomic E-state index is 5.86. The molecule has 0 atom stereocenters. The van der Waals surface area contributed by atoms with Crippen molar-refractivity contribution in [1.82, 2.24) is 4.98 Å². The van der Waals surface area contributed by atoms with Gasteiger partial charge in [-0.3, -0.25) is 4.99 Å². The van der Waals surface area contributed by atoms with Crippen molar-refractivity contribution in [2.24, 2.45) is 4.99 Å². The van der Waals surface area contributed by atoms with Gasteiger partial charge in [0.2, 0.25) is 5.89 Å². The third kappa shape index (κ3) is 4.21. The largest absolute Gasteiger partial charge is 0.497 e. The highest BCUT2D eigenvalue weighted by atomic mass is 79.9. The first-order chi connectivity index (χ1) is 13.7. The van der Waals surface area contributed by atoms with Crippen LogP contribution in [0.3, 0.4) is 0 Å². The predicted molar refractivity (Wildman–Crippen MR) is 117 cm³/mol. The van der Waals surface area contributed by atoms with Crippen molar-refractivity contribution in [3.63, 3.8) is 0 Å². The van der Waals surface area contributed by atoms with Crippen molar-refractivity contribution in [2.45, 2.75) is 0 Å². The van der Waals surface area contributed by atoms with Crippen molar-refractivity contribution in [3.8, 4) is 17.2 Å². The van der Waals surface area contributed by atoms with Gasteiger partial charge in [0.25, 0.3) is 0 Å². The minimum atomic E-state index is 0.577. The minimum Gasteiger partial charge on any atom is -0.497 e. The fraction of sp³-hybridized carbons (Fsp3) is 0.0435. The van der Waals surface area contributed by atoms with Gasteiger partial charge in [-0.2, -0.15) is 0 Å². The number of fused-ring (bicyclic) bond motifs is 1. The van der Waals surface area contributed by atoms with E-state index in [-0.39, 0.29) is 0 Å². The summed E-state index contributed by atoms with van der Waals surface area (Å²) in [5.74, 6) is 1.38. The van der Waals surface area contributed by atoms with Crippen LogP contribution in [0.4, 0.5) is 5.69 Å². The average molecular weight is 433 g/mol. The van der Waals surface area contributed by atoms with Crippen molar-refractivity contribution in [2.75, 3.05) is 7.11 Å². The third-order valence-corrected chi connectivity index (χ3v) is 4.65. The SMILES string of the molecule is COc1ccc(-c2nc3cc(N=CC=Cc4cccc(Br)c4)ccc3o2)cc1. The van der Waals surface area contributed by atoms with E-state index in [2.05, 4.69) is 25.9 Å². The van der Waals surface area contributed by atoms with E-state index in [4.69, 9.17) is 9.15 Å². The number of rotatable bonds is 5. The Labute approximate surface area is 171 Å². The van der Waals surface area contributed by atoms with E-state index in [1.807, 2.05) is 78.9 Å². The molecule has 4 rings (SSSR count). The van der Waals surface area contributed by atoms with E-state index in [1.54, 1.807) is 13.3 Å². The van der Waals surface area contributed by atoms with Crippen LogP contribution in [0.1, 0.15) is 5.56 Å². The van der Waals surface area contributed by atoms with Crippen molar-refractivity contribution >= 4 is 45.0 Å². The minimum absolute atomic E-state index is 0.577. The van der Waals surface area contributed by atoms with Crippen LogP contribution in [-0.4, -0.2) is 18.3 Å². The van der Waals surface area contributed by atoms with Gasteiger partial charge in [0.15, 0.2) is 5.58 Å². The first kappa shape index (κ1) is 18.2. The predicted octanol–water partition coefficient (Wildman–Crippen LogP) is 6.68. The van der Waals surface area contributed by atoms with Crippen LogP contribution in [0.2, 0.25) is 0 Å². The smallest absolute Gasteiger partial charge is 0.227 e. The van der Waals surface area contributed by atoms with Crippen molar-refractivity contribution in [3.05, 3.63) is 82.8 Å². The molecule has 0 saturated carbocycles. The fourth-order valence-electron chi connectivity index (χ4n) is 2.75. The summed E-state index contributed by atoms with van der Waals surface area (Å²) in [6.07, 6.45) is 5.69. The molecule has 0 fully saturated rings. The maximum Gasteiger partial charge on any atom is 0.227 e. The van der Waals surface area contributed by atoms with Crippen LogP contribution in [0.25, 0.3) is 28.6 Å². The topological polar surface area (TPSA) is 47.6 Å². The molecule has 0 aliphatic heterocycles. The molecule has 0 spiro atoms. The van der Waals surface area contributed by atoms with E-state index in [1.165, 1.54) is 0 Å². The lowest BCUT2D eigenvalue weighted by atomic mass is 10.2. The van der Waals surface area contributed by atoms with Crippen molar-refractivity contribution in [1.29, 1.82) is 0 Å². The maximum absolute atomic E-state index is 5.86. The zero-order valence-corrected chi connectivity index (χ0v) is 16.8. The summed E-state index contributed by atoms with van der Waals surface area (Å²) >= 11 is 3.47. The van der Waals surface area contributed by atoms with E-state index in [9.17, 15) is 0 Å². The molecular formula is C23H17BrN2O2. The fourth-order valence-corrected chi connectivity index (χ4v) is 3.16. The van der Waals surface area contributed by atoms with Gasteiger partial charge in [0.05, 0.1) is 12.8 Å². The summed E-state index contributed by atoms with van der Waals surface area (Å²) in [6, 6.07) is 21.4. The second kappa shape index (κ2) is 8.23. The molecule has 28 heavy (non-hydrogen) atoms. The Morgan fingerprint density at radius 3 is 2.68 bits per heavy atom. The second-order valence-corrected chi connectivity index (χ2v) is 7.01. The molecule has 0 bridgehead atoms. The zero-order chi connectivity index (χ0) is 19.3. The number of allylic oxidation sites excluding steroid dienone is 1. The highest BCUT2D eigenvalue weighted by molar-refractivity contribution is 9.10. The quantitative estimate of drug-likeness (QED) is 0.330. The van der Waals surface area contributed by atoms with Crippen LogP contribution in [0.15, 0.2) is 86.7 Å². The molecule has 0 aliphatic carbocycles. The lowest BCUT2D eigenvalue weighted by Crippen LogP contribution is -1.82. The molecule has 0 aliphatic rings. The number of hydrogen-bond donors (Lipinski definition) is 0. The summed E-state index contributed by atoms with van der Waals surface area (Å²) in [4.78, 5) is 9.06. The molecule has 1 aromatic heterocycles. The first-order valence-corrected chi connectivity index (χ1v) is 9.52. The van der Waals surface area contributed by atoms with Crippen LogP contribution < -0.4 is 4.74 Å². The second-order valence-electron chi connectivity index (χ2n) is 6.09. The molecule has 1 heterocycles.